The van der Waals surface area contributed by atoms with Gasteiger partial charge in [-0.25, -0.2) is 4.98 Å². The maximum Gasteiger partial charge on any atom is 0.185 e. The van der Waals surface area contributed by atoms with Gasteiger partial charge in [-0.15, -0.1) is 11.3 Å². The van der Waals surface area contributed by atoms with Crippen molar-refractivity contribution in [1.29, 1.82) is 0 Å². The highest BCUT2D eigenvalue weighted by molar-refractivity contribution is 7.15. The van der Waals surface area contributed by atoms with Crippen molar-refractivity contribution in [1.82, 2.24) is 10.3 Å². The quantitative estimate of drug-likeness (QED) is 0.789. The first kappa shape index (κ1) is 16.4. The maximum atomic E-state index is 4.84. The molecule has 0 bridgehead atoms. The Hall–Kier alpha value is -0.610. The van der Waals surface area contributed by atoms with Gasteiger partial charge in [-0.2, -0.15) is 0 Å². The zero-order valence-corrected chi connectivity index (χ0v) is 14.1. The van der Waals surface area contributed by atoms with Crippen LogP contribution in [0.1, 0.15) is 52.1 Å². The lowest BCUT2D eigenvalue weighted by atomic mass is 10.2. The Bertz CT molecular complexity index is 371. The molecule has 0 amide bonds. The zero-order valence-electron chi connectivity index (χ0n) is 13.3. The molecule has 1 aromatic heterocycles. The van der Waals surface area contributed by atoms with E-state index in [4.69, 9.17) is 4.98 Å². The normalized spacial score (nSPS) is 11.6. The van der Waals surface area contributed by atoms with Crippen molar-refractivity contribution >= 4 is 16.5 Å². The van der Waals surface area contributed by atoms with E-state index in [1.165, 1.54) is 15.7 Å². The minimum Gasteiger partial charge on any atom is -0.348 e. The molecule has 0 unspecified atom stereocenters. The molecule has 1 aromatic rings. The van der Waals surface area contributed by atoms with Crippen LogP contribution in [0.15, 0.2) is 0 Å². The first-order valence-corrected chi connectivity index (χ1v) is 8.26. The van der Waals surface area contributed by atoms with Crippen LogP contribution >= 0.6 is 11.3 Å². The molecule has 0 fully saturated rings. The molecule has 1 N–H and O–H groups in total. The monoisotopic (exact) mass is 283 g/mol. The summed E-state index contributed by atoms with van der Waals surface area (Å²) in [6.07, 6.45) is 1.02. The van der Waals surface area contributed by atoms with E-state index in [0.717, 1.165) is 26.1 Å². The van der Waals surface area contributed by atoms with Crippen LogP contribution in [-0.4, -0.2) is 24.1 Å². The second-order valence-electron chi connectivity index (χ2n) is 5.69. The molecule has 0 aliphatic carbocycles. The van der Waals surface area contributed by atoms with Gasteiger partial charge in [0.2, 0.25) is 0 Å². The van der Waals surface area contributed by atoms with E-state index >= 15 is 0 Å². The lowest BCUT2D eigenvalue weighted by molar-refractivity contribution is 0.590. The lowest BCUT2D eigenvalue weighted by Crippen LogP contribution is -2.27. The second kappa shape index (κ2) is 7.85. The van der Waals surface area contributed by atoms with Gasteiger partial charge in [0.15, 0.2) is 5.13 Å². The van der Waals surface area contributed by atoms with Gasteiger partial charge in [0.05, 0.1) is 5.69 Å². The molecule has 0 radical (unpaired) electrons. The predicted molar refractivity (Wildman–Crippen MR) is 86.2 cm³/mol. The molecule has 0 spiro atoms. The molecule has 0 saturated carbocycles. The topological polar surface area (TPSA) is 28.2 Å². The van der Waals surface area contributed by atoms with Crippen molar-refractivity contribution in [2.24, 2.45) is 5.92 Å². The fraction of sp³-hybridized carbons (Fsp3) is 0.800. The largest absolute Gasteiger partial charge is 0.348 e. The molecule has 0 atom stereocenters. The van der Waals surface area contributed by atoms with Crippen LogP contribution in [0.2, 0.25) is 0 Å². The summed E-state index contributed by atoms with van der Waals surface area (Å²) in [7, 11) is 0. The van der Waals surface area contributed by atoms with Crippen molar-refractivity contribution in [3.8, 4) is 0 Å². The van der Waals surface area contributed by atoms with Gasteiger partial charge < -0.3 is 10.2 Å². The SMILES string of the molecule is CCc1nc(N(CC)CC(C)C)sc1CNC(C)C. The minimum absolute atomic E-state index is 0.521. The summed E-state index contributed by atoms with van der Waals surface area (Å²) < 4.78 is 0. The first-order chi connectivity index (χ1) is 8.97. The van der Waals surface area contributed by atoms with Crippen LogP contribution in [0, 0.1) is 5.92 Å². The van der Waals surface area contributed by atoms with Crippen LogP contribution in [-0.2, 0) is 13.0 Å². The van der Waals surface area contributed by atoms with Crippen molar-refractivity contribution in [2.75, 3.05) is 18.0 Å². The number of hydrogen-bond donors (Lipinski definition) is 1. The van der Waals surface area contributed by atoms with Crippen molar-refractivity contribution in [3.63, 3.8) is 0 Å². The van der Waals surface area contributed by atoms with Crippen molar-refractivity contribution in [3.05, 3.63) is 10.6 Å². The average molecular weight is 283 g/mol. The Labute approximate surface area is 122 Å². The molecule has 0 aliphatic heterocycles. The van der Waals surface area contributed by atoms with E-state index in [1.807, 2.05) is 11.3 Å². The summed E-state index contributed by atoms with van der Waals surface area (Å²) in [5.74, 6) is 0.672. The third kappa shape index (κ3) is 5.11. The van der Waals surface area contributed by atoms with Crippen LogP contribution in [0.4, 0.5) is 5.13 Å². The van der Waals surface area contributed by atoms with Crippen molar-refractivity contribution < 1.29 is 0 Å². The summed E-state index contributed by atoms with van der Waals surface area (Å²) in [4.78, 5) is 8.63. The van der Waals surface area contributed by atoms with E-state index in [-0.39, 0.29) is 0 Å². The maximum absolute atomic E-state index is 4.84. The third-order valence-corrected chi connectivity index (χ3v) is 4.17. The highest BCUT2D eigenvalue weighted by atomic mass is 32.1. The molecule has 1 rings (SSSR count). The van der Waals surface area contributed by atoms with Gasteiger partial charge >= 0.3 is 0 Å². The van der Waals surface area contributed by atoms with Crippen LogP contribution in [0.3, 0.4) is 0 Å². The zero-order chi connectivity index (χ0) is 14.4. The predicted octanol–water partition coefficient (Wildman–Crippen LogP) is 3.69. The number of hydrogen-bond acceptors (Lipinski definition) is 4. The van der Waals surface area contributed by atoms with E-state index in [9.17, 15) is 0 Å². The summed E-state index contributed by atoms with van der Waals surface area (Å²) in [6, 6.07) is 0.521. The molecule has 110 valence electrons. The number of thiazole rings is 1. The minimum atomic E-state index is 0.521. The van der Waals surface area contributed by atoms with Crippen LogP contribution in [0.5, 0.6) is 0 Å². The number of nitrogens with zero attached hydrogens (tertiary/aromatic N) is 2. The summed E-state index contributed by atoms with van der Waals surface area (Å²) in [5.41, 5.74) is 1.26. The van der Waals surface area contributed by atoms with E-state index < -0.39 is 0 Å². The van der Waals surface area contributed by atoms with Gasteiger partial charge in [-0.1, -0.05) is 34.6 Å². The lowest BCUT2D eigenvalue weighted by Gasteiger charge is -2.21. The molecule has 3 nitrogen and oxygen atoms in total. The summed E-state index contributed by atoms with van der Waals surface area (Å²) in [5, 5.41) is 4.69. The molecule has 0 saturated heterocycles. The molecule has 0 aliphatic rings. The third-order valence-electron chi connectivity index (χ3n) is 3.01. The number of rotatable bonds is 8. The molecular formula is C15H29N3S. The second-order valence-corrected chi connectivity index (χ2v) is 6.75. The molecule has 1 heterocycles. The highest BCUT2D eigenvalue weighted by Crippen LogP contribution is 2.27. The molecule has 0 aromatic carbocycles. The Morgan fingerprint density at radius 3 is 2.37 bits per heavy atom. The Morgan fingerprint density at radius 2 is 1.89 bits per heavy atom. The summed E-state index contributed by atoms with van der Waals surface area (Å²) >= 11 is 1.85. The smallest absolute Gasteiger partial charge is 0.185 e. The average Bonchev–Trinajstić information content (AvgIpc) is 2.76. The van der Waals surface area contributed by atoms with Crippen LogP contribution < -0.4 is 10.2 Å². The number of nitrogens with one attached hydrogen (secondary N) is 1. The molecule has 19 heavy (non-hydrogen) atoms. The summed E-state index contributed by atoms with van der Waals surface area (Å²) in [6.45, 7) is 16.4. The van der Waals surface area contributed by atoms with Gasteiger partial charge in [0.1, 0.15) is 0 Å². The number of anilines is 1. The van der Waals surface area contributed by atoms with Crippen molar-refractivity contribution in [2.45, 2.75) is 60.5 Å². The molecular weight excluding hydrogens is 254 g/mol. The fourth-order valence-corrected chi connectivity index (χ4v) is 3.17. The fourth-order valence-electron chi connectivity index (χ4n) is 2.00. The number of aromatic nitrogens is 1. The van der Waals surface area contributed by atoms with E-state index in [0.29, 0.717) is 12.0 Å². The molecule has 4 heteroatoms. The van der Waals surface area contributed by atoms with Gasteiger partial charge in [-0.05, 0) is 19.3 Å². The van der Waals surface area contributed by atoms with Crippen LogP contribution in [0.25, 0.3) is 0 Å². The Balaban J connectivity index is 2.84. The Kier molecular flexibility index (Phi) is 6.80. The van der Waals surface area contributed by atoms with E-state index in [1.54, 1.807) is 0 Å². The Morgan fingerprint density at radius 1 is 1.21 bits per heavy atom. The van der Waals surface area contributed by atoms with Gasteiger partial charge in [0, 0.05) is 30.6 Å². The first-order valence-electron chi connectivity index (χ1n) is 7.44. The van der Waals surface area contributed by atoms with Gasteiger partial charge in [-0.3, -0.25) is 0 Å². The highest BCUT2D eigenvalue weighted by Gasteiger charge is 2.15. The standard InChI is InChI=1S/C15H29N3S/c1-7-13-14(9-16-12(5)6)19-15(17-13)18(8-2)10-11(3)4/h11-12,16H,7-10H2,1-6H3. The van der Waals surface area contributed by atoms with E-state index in [2.05, 4.69) is 51.8 Å². The van der Waals surface area contributed by atoms with Gasteiger partial charge in [0.25, 0.3) is 0 Å². The number of aryl methyl sites for hydroxylation is 1.